The molecule has 0 bridgehead atoms. The van der Waals surface area contributed by atoms with Crippen LogP contribution in [0.2, 0.25) is 0 Å². The van der Waals surface area contributed by atoms with E-state index in [0.717, 1.165) is 23.6 Å². The van der Waals surface area contributed by atoms with Crippen LogP contribution in [0.3, 0.4) is 0 Å². The Morgan fingerprint density at radius 1 is 1.14 bits per heavy atom. The highest BCUT2D eigenvalue weighted by Gasteiger charge is 2.24. The van der Waals surface area contributed by atoms with Crippen LogP contribution >= 0.6 is 11.8 Å². The minimum atomic E-state index is -0.736. The van der Waals surface area contributed by atoms with Crippen LogP contribution in [-0.4, -0.2) is 30.9 Å². The number of thioether (sulfide) groups is 1. The van der Waals surface area contributed by atoms with Crippen LogP contribution in [0.4, 0.5) is 5.69 Å². The monoisotopic (exact) mass is 406 g/mol. The van der Waals surface area contributed by atoms with E-state index in [0.29, 0.717) is 6.42 Å². The number of hydrogen-bond donors (Lipinski definition) is 1. The Balaban J connectivity index is 1.93. The first-order valence-electron chi connectivity index (χ1n) is 9.76. The molecule has 0 unspecified atom stereocenters. The molecule has 1 heterocycles. The number of rotatable bonds is 8. The van der Waals surface area contributed by atoms with Crippen LogP contribution < -0.4 is 4.90 Å². The van der Waals surface area contributed by atoms with Crippen LogP contribution in [0.15, 0.2) is 75.6 Å². The van der Waals surface area contributed by atoms with Crippen molar-refractivity contribution in [3.8, 4) is 0 Å². The zero-order valence-corrected chi connectivity index (χ0v) is 17.7. The Hall–Kier alpha value is -2.79. The molecule has 2 aromatic carbocycles. The molecule has 150 valence electrons. The average Bonchev–Trinajstić information content (AvgIpc) is 3.06. The molecular weight excluding hydrogens is 380 g/mol. The summed E-state index contributed by atoms with van der Waals surface area (Å²) in [6.45, 7) is 2.91. The SMILES string of the molecule is CN=C/C=C(/C=C1\Sc2ccccc2N1CCCCC(=O)O)c1ccccc1C. The molecule has 1 N–H and O–H groups in total. The van der Waals surface area contributed by atoms with Crippen LogP contribution in [0.25, 0.3) is 5.57 Å². The molecule has 0 saturated carbocycles. The highest BCUT2D eigenvalue weighted by molar-refractivity contribution is 8.03. The summed E-state index contributed by atoms with van der Waals surface area (Å²) < 4.78 is 0. The number of carboxylic acids is 1. The number of anilines is 1. The minimum Gasteiger partial charge on any atom is -0.481 e. The second-order valence-corrected chi connectivity index (χ2v) is 7.96. The Morgan fingerprint density at radius 3 is 2.66 bits per heavy atom. The van der Waals surface area contributed by atoms with Crippen molar-refractivity contribution in [1.82, 2.24) is 0 Å². The van der Waals surface area contributed by atoms with Gasteiger partial charge in [0.2, 0.25) is 0 Å². The number of fused-ring (bicyclic) bond motifs is 1. The largest absolute Gasteiger partial charge is 0.481 e. The van der Waals surface area contributed by atoms with E-state index in [4.69, 9.17) is 5.11 Å². The number of allylic oxidation sites excluding steroid dienone is 3. The number of benzene rings is 2. The van der Waals surface area contributed by atoms with E-state index in [-0.39, 0.29) is 6.42 Å². The molecule has 0 aromatic heterocycles. The first-order valence-corrected chi connectivity index (χ1v) is 10.6. The van der Waals surface area contributed by atoms with Crippen LogP contribution in [-0.2, 0) is 4.79 Å². The van der Waals surface area contributed by atoms with Crippen LogP contribution in [0, 0.1) is 6.92 Å². The Kier molecular flexibility index (Phi) is 7.30. The van der Waals surface area contributed by atoms with Crippen molar-refractivity contribution in [2.45, 2.75) is 31.1 Å². The summed E-state index contributed by atoms with van der Waals surface area (Å²) in [6.07, 6.45) is 7.80. The van der Waals surface area contributed by atoms with Crippen molar-refractivity contribution in [1.29, 1.82) is 0 Å². The average molecular weight is 407 g/mol. The molecule has 5 heteroatoms. The molecule has 1 aliphatic heterocycles. The summed E-state index contributed by atoms with van der Waals surface area (Å²) >= 11 is 1.76. The van der Waals surface area contributed by atoms with E-state index >= 15 is 0 Å². The van der Waals surface area contributed by atoms with E-state index in [2.05, 4.69) is 65.4 Å². The van der Waals surface area contributed by atoms with Crippen molar-refractivity contribution in [2.75, 3.05) is 18.5 Å². The Bertz CT molecular complexity index is 963. The van der Waals surface area contributed by atoms with Gasteiger partial charge in [0, 0.05) is 31.1 Å². The summed E-state index contributed by atoms with van der Waals surface area (Å²) in [7, 11) is 1.77. The van der Waals surface area contributed by atoms with Gasteiger partial charge in [-0.25, -0.2) is 0 Å². The normalized spacial score (nSPS) is 15.3. The van der Waals surface area contributed by atoms with Gasteiger partial charge in [-0.1, -0.05) is 48.2 Å². The number of carbonyl (C=O) groups is 1. The van der Waals surface area contributed by atoms with Crippen LogP contribution in [0.1, 0.15) is 30.4 Å². The van der Waals surface area contributed by atoms with E-state index in [9.17, 15) is 4.79 Å². The number of aliphatic imine (C=N–C) groups is 1. The fraction of sp³-hybridized carbons (Fsp3) is 0.250. The van der Waals surface area contributed by atoms with E-state index in [1.165, 1.54) is 21.7 Å². The van der Waals surface area contributed by atoms with E-state index < -0.39 is 5.97 Å². The van der Waals surface area contributed by atoms with Gasteiger partial charge in [-0.05, 0) is 60.8 Å². The first kappa shape index (κ1) is 20.9. The van der Waals surface area contributed by atoms with Crippen LogP contribution in [0.5, 0.6) is 0 Å². The second kappa shape index (κ2) is 10.1. The summed E-state index contributed by atoms with van der Waals surface area (Å²) in [5, 5.41) is 10.1. The molecule has 0 spiro atoms. The number of aryl methyl sites for hydroxylation is 1. The molecule has 0 amide bonds. The lowest BCUT2D eigenvalue weighted by Gasteiger charge is -2.21. The molecule has 0 radical (unpaired) electrons. The second-order valence-electron chi connectivity index (χ2n) is 6.90. The quantitative estimate of drug-likeness (QED) is 0.445. The highest BCUT2D eigenvalue weighted by Crippen LogP contribution is 2.46. The molecular formula is C24H26N2O2S. The molecule has 1 aliphatic rings. The van der Waals surface area contributed by atoms with Crippen molar-refractivity contribution < 1.29 is 9.90 Å². The van der Waals surface area contributed by atoms with Crippen molar-refractivity contribution in [3.05, 3.63) is 76.8 Å². The molecule has 0 atom stereocenters. The maximum atomic E-state index is 10.8. The molecule has 29 heavy (non-hydrogen) atoms. The van der Waals surface area contributed by atoms with Crippen molar-refractivity contribution >= 4 is 35.2 Å². The lowest BCUT2D eigenvalue weighted by atomic mass is 10.0. The topological polar surface area (TPSA) is 52.9 Å². The van der Waals surface area contributed by atoms with Gasteiger partial charge in [0.1, 0.15) is 0 Å². The predicted octanol–water partition coefficient (Wildman–Crippen LogP) is 5.79. The maximum Gasteiger partial charge on any atom is 0.303 e. The maximum absolute atomic E-state index is 10.8. The minimum absolute atomic E-state index is 0.211. The lowest BCUT2D eigenvalue weighted by molar-refractivity contribution is -0.137. The number of hydrogen-bond acceptors (Lipinski definition) is 4. The summed E-state index contributed by atoms with van der Waals surface area (Å²) in [5.41, 5.74) is 4.70. The highest BCUT2D eigenvalue weighted by atomic mass is 32.2. The van der Waals surface area contributed by atoms with Gasteiger partial charge in [0.15, 0.2) is 0 Å². The van der Waals surface area contributed by atoms with Crippen molar-refractivity contribution in [3.63, 3.8) is 0 Å². The third-order valence-electron chi connectivity index (χ3n) is 4.80. The smallest absolute Gasteiger partial charge is 0.303 e. The van der Waals surface area contributed by atoms with Crippen molar-refractivity contribution in [2.24, 2.45) is 4.99 Å². The summed E-state index contributed by atoms with van der Waals surface area (Å²) in [5.74, 6) is -0.736. The first-order chi connectivity index (χ1) is 14.1. The van der Waals surface area contributed by atoms with Gasteiger partial charge in [-0.15, -0.1) is 0 Å². The standard InChI is InChI=1S/C24H26N2O2S/c1-18-9-3-4-10-20(18)19(14-15-25-2)17-23-26(16-8-7-13-24(27)28)21-11-5-6-12-22(21)29-23/h3-6,9-12,14-15,17H,7-8,13,16H2,1-2H3,(H,27,28)/b19-14-,23-17-,25-15?. The summed E-state index contributed by atoms with van der Waals surface area (Å²) in [4.78, 5) is 18.5. The number of nitrogens with zero attached hydrogens (tertiary/aromatic N) is 2. The Morgan fingerprint density at radius 2 is 1.90 bits per heavy atom. The molecule has 2 aromatic rings. The summed E-state index contributed by atoms with van der Waals surface area (Å²) in [6, 6.07) is 16.7. The third-order valence-corrected chi connectivity index (χ3v) is 5.91. The van der Waals surface area contributed by atoms with E-state index in [1.807, 2.05) is 18.4 Å². The molecule has 0 aliphatic carbocycles. The van der Waals surface area contributed by atoms with Gasteiger partial charge in [-0.2, -0.15) is 0 Å². The zero-order chi connectivity index (χ0) is 20.6. The Labute approximate surface area is 176 Å². The number of carboxylic acid groups (broad SMARTS) is 1. The number of unbranched alkanes of at least 4 members (excludes halogenated alkanes) is 1. The lowest BCUT2D eigenvalue weighted by Crippen LogP contribution is -2.19. The zero-order valence-electron chi connectivity index (χ0n) is 16.8. The number of aliphatic carboxylic acids is 1. The fourth-order valence-corrected chi connectivity index (χ4v) is 4.48. The van der Waals surface area contributed by atoms with Gasteiger partial charge in [0.25, 0.3) is 0 Å². The van der Waals surface area contributed by atoms with Gasteiger partial charge >= 0.3 is 5.97 Å². The number of para-hydroxylation sites is 1. The van der Waals surface area contributed by atoms with E-state index in [1.54, 1.807) is 18.8 Å². The van der Waals surface area contributed by atoms with Gasteiger partial charge < -0.3 is 10.0 Å². The molecule has 0 fully saturated rings. The van der Waals surface area contributed by atoms with Gasteiger partial charge in [-0.3, -0.25) is 9.79 Å². The fourth-order valence-electron chi connectivity index (χ4n) is 3.34. The predicted molar refractivity (Wildman–Crippen MR) is 123 cm³/mol. The third kappa shape index (κ3) is 5.39. The molecule has 4 nitrogen and oxygen atoms in total. The van der Waals surface area contributed by atoms with Gasteiger partial charge in [0.05, 0.1) is 10.7 Å². The molecule has 3 rings (SSSR count). The molecule has 0 saturated heterocycles.